The zero-order valence-corrected chi connectivity index (χ0v) is 18.1. The topological polar surface area (TPSA) is 144 Å². The third-order valence-electron chi connectivity index (χ3n) is 4.90. The van der Waals surface area contributed by atoms with Crippen LogP contribution in [0.4, 0.5) is 0 Å². The molecule has 168 valence electrons. The Morgan fingerprint density at radius 3 is 2.59 bits per heavy atom. The maximum absolute atomic E-state index is 13.2. The summed E-state index contributed by atoms with van der Waals surface area (Å²) in [6, 6.07) is 1.43. The molecule has 3 heterocycles. The number of aromatic nitrogens is 5. The molecule has 0 spiro atoms. The molecule has 11 heteroatoms. The van der Waals surface area contributed by atoms with Gasteiger partial charge in [-0.25, -0.2) is 0 Å². The monoisotopic (exact) mass is 439 g/mol. The van der Waals surface area contributed by atoms with E-state index in [0.717, 1.165) is 17.4 Å². The van der Waals surface area contributed by atoms with Crippen LogP contribution in [0.2, 0.25) is 0 Å². The van der Waals surface area contributed by atoms with Gasteiger partial charge in [0.2, 0.25) is 5.88 Å². The maximum Gasteiger partial charge on any atom is 0.272 e. The van der Waals surface area contributed by atoms with Gasteiger partial charge in [-0.15, -0.1) is 0 Å². The first-order valence-electron chi connectivity index (χ1n) is 10.3. The molecule has 0 aliphatic heterocycles. The van der Waals surface area contributed by atoms with Gasteiger partial charge < -0.3 is 15.7 Å². The van der Waals surface area contributed by atoms with E-state index in [1.807, 2.05) is 20.8 Å². The molecule has 32 heavy (non-hydrogen) atoms. The standard InChI is InChI=1S/C21H25N7O4/c1-21(2,3)11-27-15-8-14(17(29)24-10-13-9-22-6-7-23-13)26-28(15)20(32)16(19(27)31)18(30)25-12-4-5-12/h6-9,12,32H,4-5,10-11H2,1-3H3,(H,24,29)(H,25,30). The maximum atomic E-state index is 13.2. The fraction of sp³-hybridized carbons (Fsp3) is 0.429. The Bertz CT molecular complexity index is 1240. The molecular formula is C21H25N7O4. The Kier molecular flexibility index (Phi) is 5.41. The molecule has 0 saturated heterocycles. The molecule has 11 nitrogen and oxygen atoms in total. The average Bonchev–Trinajstić information content (AvgIpc) is 3.43. The van der Waals surface area contributed by atoms with E-state index in [4.69, 9.17) is 0 Å². The summed E-state index contributed by atoms with van der Waals surface area (Å²) in [7, 11) is 0. The van der Waals surface area contributed by atoms with Gasteiger partial charge in [-0.3, -0.25) is 28.9 Å². The summed E-state index contributed by atoms with van der Waals surface area (Å²) in [5.74, 6) is -1.76. The lowest BCUT2D eigenvalue weighted by atomic mass is 9.97. The van der Waals surface area contributed by atoms with Crippen LogP contribution in [0.15, 0.2) is 29.5 Å². The molecule has 3 N–H and O–H groups in total. The van der Waals surface area contributed by atoms with E-state index < -0.39 is 23.3 Å². The van der Waals surface area contributed by atoms with Gasteiger partial charge in [-0.2, -0.15) is 9.61 Å². The van der Waals surface area contributed by atoms with Crippen molar-refractivity contribution in [3.05, 3.63) is 52.0 Å². The molecule has 2 amide bonds. The van der Waals surface area contributed by atoms with Crippen LogP contribution in [0.1, 0.15) is 60.2 Å². The third kappa shape index (κ3) is 4.46. The summed E-state index contributed by atoms with van der Waals surface area (Å²) in [5.41, 5.74) is -0.556. The van der Waals surface area contributed by atoms with E-state index in [1.165, 1.54) is 29.2 Å². The Morgan fingerprint density at radius 1 is 1.22 bits per heavy atom. The molecule has 0 bridgehead atoms. The van der Waals surface area contributed by atoms with Crippen molar-refractivity contribution in [1.82, 2.24) is 34.8 Å². The lowest BCUT2D eigenvalue weighted by molar-refractivity contribution is 0.0938. The molecule has 1 aliphatic rings. The van der Waals surface area contributed by atoms with Crippen molar-refractivity contribution in [3.8, 4) is 5.88 Å². The van der Waals surface area contributed by atoms with E-state index in [0.29, 0.717) is 5.69 Å². The number of fused-ring (bicyclic) bond motifs is 1. The highest BCUT2D eigenvalue weighted by Gasteiger charge is 2.30. The lowest BCUT2D eigenvalue weighted by Crippen LogP contribution is -2.37. The van der Waals surface area contributed by atoms with Crippen LogP contribution in [-0.2, 0) is 13.1 Å². The molecule has 0 atom stereocenters. The highest BCUT2D eigenvalue weighted by molar-refractivity contribution is 5.97. The summed E-state index contributed by atoms with van der Waals surface area (Å²) in [5, 5.41) is 20.3. The van der Waals surface area contributed by atoms with Crippen LogP contribution in [0.5, 0.6) is 5.88 Å². The number of hydrogen-bond donors (Lipinski definition) is 3. The zero-order valence-electron chi connectivity index (χ0n) is 18.1. The quantitative estimate of drug-likeness (QED) is 0.517. The van der Waals surface area contributed by atoms with Crippen LogP contribution in [0, 0.1) is 5.41 Å². The number of aromatic hydroxyl groups is 1. The number of amides is 2. The fourth-order valence-electron chi connectivity index (χ4n) is 3.26. The van der Waals surface area contributed by atoms with Crippen LogP contribution in [-0.4, -0.2) is 47.1 Å². The molecular weight excluding hydrogens is 414 g/mol. The van der Waals surface area contributed by atoms with Crippen molar-refractivity contribution >= 4 is 17.5 Å². The number of carbonyl (C=O) groups excluding carboxylic acids is 2. The van der Waals surface area contributed by atoms with E-state index in [2.05, 4.69) is 25.7 Å². The minimum absolute atomic E-state index is 0.00751. The van der Waals surface area contributed by atoms with Gasteiger partial charge in [0, 0.05) is 31.0 Å². The molecule has 3 aromatic heterocycles. The van der Waals surface area contributed by atoms with Crippen molar-refractivity contribution in [1.29, 1.82) is 0 Å². The second-order valence-electron chi connectivity index (χ2n) is 9.08. The summed E-state index contributed by atoms with van der Waals surface area (Å²) < 4.78 is 2.43. The third-order valence-corrected chi connectivity index (χ3v) is 4.90. The molecule has 1 saturated carbocycles. The normalized spacial score (nSPS) is 13.8. The second kappa shape index (κ2) is 8.06. The Morgan fingerprint density at radius 2 is 1.97 bits per heavy atom. The number of nitrogens with one attached hydrogen (secondary N) is 2. The second-order valence-corrected chi connectivity index (χ2v) is 9.08. The number of rotatable bonds is 6. The summed E-state index contributed by atoms with van der Waals surface area (Å²) in [6.45, 7) is 6.22. The summed E-state index contributed by atoms with van der Waals surface area (Å²) >= 11 is 0. The van der Waals surface area contributed by atoms with E-state index in [-0.39, 0.29) is 41.5 Å². The Balaban J connectivity index is 1.74. The highest BCUT2D eigenvalue weighted by atomic mass is 16.3. The average molecular weight is 439 g/mol. The summed E-state index contributed by atoms with van der Waals surface area (Å²) in [4.78, 5) is 46.6. The minimum atomic E-state index is -0.649. The molecule has 1 fully saturated rings. The largest absolute Gasteiger partial charge is 0.492 e. The molecule has 0 radical (unpaired) electrons. The first kappa shape index (κ1) is 21.5. The van der Waals surface area contributed by atoms with Crippen LogP contribution in [0.25, 0.3) is 5.65 Å². The number of hydrogen-bond acceptors (Lipinski definition) is 7. The smallest absolute Gasteiger partial charge is 0.272 e. The van der Waals surface area contributed by atoms with Crippen molar-refractivity contribution in [2.24, 2.45) is 5.41 Å². The van der Waals surface area contributed by atoms with Gasteiger partial charge in [-0.1, -0.05) is 20.8 Å². The number of carbonyl (C=O) groups is 2. The van der Waals surface area contributed by atoms with Crippen molar-refractivity contribution < 1.29 is 14.7 Å². The van der Waals surface area contributed by atoms with E-state index in [9.17, 15) is 19.5 Å². The SMILES string of the molecule is CC(C)(C)Cn1c(=O)c(C(=O)NC2CC2)c(O)n2nc(C(=O)NCc3cnccn3)cc12. The van der Waals surface area contributed by atoms with Crippen LogP contribution in [0.3, 0.4) is 0 Å². The molecule has 4 rings (SSSR count). The van der Waals surface area contributed by atoms with Gasteiger partial charge in [0.15, 0.2) is 11.3 Å². The van der Waals surface area contributed by atoms with Crippen molar-refractivity contribution in [3.63, 3.8) is 0 Å². The molecule has 0 unspecified atom stereocenters. The molecule has 3 aromatic rings. The predicted molar refractivity (Wildman–Crippen MR) is 114 cm³/mol. The molecule has 0 aromatic carbocycles. The van der Waals surface area contributed by atoms with E-state index in [1.54, 1.807) is 0 Å². The van der Waals surface area contributed by atoms with Crippen LogP contribution < -0.4 is 16.2 Å². The highest BCUT2D eigenvalue weighted by Crippen LogP contribution is 2.24. The number of nitrogens with zero attached hydrogens (tertiary/aromatic N) is 5. The van der Waals surface area contributed by atoms with Crippen molar-refractivity contribution in [2.75, 3.05) is 0 Å². The first-order valence-corrected chi connectivity index (χ1v) is 10.3. The Hall–Kier alpha value is -3.76. The van der Waals surface area contributed by atoms with Gasteiger partial charge in [0.05, 0.1) is 18.4 Å². The lowest BCUT2D eigenvalue weighted by Gasteiger charge is -2.21. The van der Waals surface area contributed by atoms with Gasteiger partial charge >= 0.3 is 0 Å². The Labute approximate surface area is 183 Å². The summed E-state index contributed by atoms with van der Waals surface area (Å²) in [6.07, 6.45) is 6.25. The first-order chi connectivity index (χ1) is 15.1. The van der Waals surface area contributed by atoms with Gasteiger partial charge in [-0.05, 0) is 18.3 Å². The zero-order chi connectivity index (χ0) is 23.0. The minimum Gasteiger partial charge on any atom is -0.492 e. The van der Waals surface area contributed by atoms with Crippen LogP contribution >= 0.6 is 0 Å². The fourth-order valence-corrected chi connectivity index (χ4v) is 3.26. The van der Waals surface area contributed by atoms with Gasteiger partial charge in [0.1, 0.15) is 5.65 Å². The molecule has 1 aliphatic carbocycles. The van der Waals surface area contributed by atoms with Gasteiger partial charge in [0.25, 0.3) is 17.4 Å². The van der Waals surface area contributed by atoms with E-state index >= 15 is 0 Å². The van der Waals surface area contributed by atoms with Crippen molar-refractivity contribution in [2.45, 2.75) is 52.7 Å². The predicted octanol–water partition coefficient (Wildman–Crippen LogP) is 0.860.